The first kappa shape index (κ1) is 16.8. The van der Waals surface area contributed by atoms with Crippen LogP contribution in [0.4, 0.5) is 14.5 Å². The normalized spacial score (nSPS) is 22.9. The maximum absolute atomic E-state index is 13.8. The van der Waals surface area contributed by atoms with Crippen LogP contribution < -0.4 is 10.2 Å². The molecule has 1 heterocycles. The van der Waals surface area contributed by atoms with Gasteiger partial charge in [0, 0.05) is 25.6 Å². The van der Waals surface area contributed by atoms with Gasteiger partial charge >= 0.3 is 0 Å². The summed E-state index contributed by atoms with van der Waals surface area (Å²) in [5.41, 5.74) is -0.882. The molecular formula is C17H20F2N2O3. The van der Waals surface area contributed by atoms with Crippen LogP contribution in [0.3, 0.4) is 0 Å². The molecule has 1 aliphatic heterocycles. The molecule has 7 heteroatoms. The van der Waals surface area contributed by atoms with Crippen LogP contribution >= 0.6 is 0 Å². The molecule has 130 valence electrons. The van der Waals surface area contributed by atoms with Crippen LogP contribution in [0.1, 0.15) is 32.1 Å². The molecular weight excluding hydrogens is 318 g/mol. The molecule has 24 heavy (non-hydrogen) atoms. The average molecular weight is 338 g/mol. The molecule has 0 bridgehead atoms. The van der Waals surface area contributed by atoms with Gasteiger partial charge < -0.3 is 15.3 Å². The van der Waals surface area contributed by atoms with Gasteiger partial charge in [-0.15, -0.1) is 0 Å². The van der Waals surface area contributed by atoms with Crippen molar-refractivity contribution in [1.82, 2.24) is 5.32 Å². The Balaban J connectivity index is 1.62. The van der Waals surface area contributed by atoms with Crippen molar-refractivity contribution in [3.05, 3.63) is 29.8 Å². The largest absolute Gasteiger partial charge is 0.388 e. The van der Waals surface area contributed by atoms with E-state index in [9.17, 15) is 23.5 Å². The Morgan fingerprint density at radius 2 is 2.04 bits per heavy atom. The van der Waals surface area contributed by atoms with Crippen LogP contribution in [0.15, 0.2) is 18.2 Å². The first-order valence-corrected chi connectivity index (χ1v) is 8.13. The molecule has 5 nitrogen and oxygen atoms in total. The maximum Gasteiger partial charge on any atom is 0.227 e. The molecule has 3 rings (SSSR count). The molecule has 1 aromatic carbocycles. The molecule has 1 saturated heterocycles. The highest BCUT2D eigenvalue weighted by molar-refractivity contribution is 6.00. The zero-order valence-electron chi connectivity index (χ0n) is 13.2. The fraction of sp³-hybridized carbons (Fsp3) is 0.529. The zero-order chi connectivity index (χ0) is 17.3. The van der Waals surface area contributed by atoms with E-state index in [-0.39, 0.29) is 37.0 Å². The summed E-state index contributed by atoms with van der Waals surface area (Å²) in [7, 11) is 0. The lowest BCUT2D eigenvalue weighted by Gasteiger charge is -2.23. The van der Waals surface area contributed by atoms with E-state index < -0.39 is 23.2 Å². The highest BCUT2D eigenvalue weighted by Gasteiger charge is 2.38. The van der Waals surface area contributed by atoms with Gasteiger partial charge in [-0.2, -0.15) is 0 Å². The Kier molecular flexibility index (Phi) is 4.54. The van der Waals surface area contributed by atoms with Crippen molar-refractivity contribution in [2.75, 3.05) is 18.0 Å². The number of hydrogen-bond acceptors (Lipinski definition) is 3. The van der Waals surface area contributed by atoms with Crippen molar-refractivity contribution in [2.24, 2.45) is 5.92 Å². The third-order valence-electron chi connectivity index (χ3n) is 4.82. The van der Waals surface area contributed by atoms with Crippen molar-refractivity contribution >= 4 is 17.5 Å². The third kappa shape index (κ3) is 3.40. The lowest BCUT2D eigenvalue weighted by atomic mass is 10.0. The van der Waals surface area contributed by atoms with E-state index in [4.69, 9.17) is 0 Å². The monoisotopic (exact) mass is 338 g/mol. The predicted molar refractivity (Wildman–Crippen MR) is 83.2 cm³/mol. The molecule has 0 radical (unpaired) electrons. The number of rotatable bonds is 4. The molecule has 0 spiro atoms. The molecule has 1 atom stereocenters. The first-order chi connectivity index (χ1) is 11.4. The third-order valence-corrected chi connectivity index (χ3v) is 4.82. The maximum atomic E-state index is 13.8. The van der Waals surface area contributed by atoms with Gasteiger partial charge in [0.1, 0.15) is 11.6 Å². The van der Waals surface area contributed by atoms with Gasteiger partial charge in [0.15, 0.2) is 0 Å². The minimum Gasteiger partial charge on any atom is -0.388 e. The van der Waals surface area contributed by atoms with Crippen molar-refractivity contribution in [2.45, 2.75) is 37.7 Å². The summed E-state index contributed by atoms with van der Waals surface area (Å²) in [5.74, 6) is -2.85. The standard InChI is InChI=1S/C17H20F2N2O3/c18-12-3-4-14(13(19)8-12)21-9-11(7-15(21)22)16(23)20-10-17(24)5-1-2-6-17/h3-4,8,11,24H,1-2,5-7,9-10H2,(H,20,23). The minimum absolute atomic E-state index is 0.0221. The molecule has 2 fully saturated rings. The zero-order valence-corrected chi connectivity index (χ0v) is 13.2. The van der Waals surface area contributed by atoms with Crippen LogP contribution in [0.2, 0.25) is 0 Å². The average Bonchev–Trinajstić information content (AvgIpc) is 3.12. The van der Waals surface area contributed by atoms with Gasteiger partial charge in [-0.3, -0.25) is 9.59 Å². The fourth-order valence-electron chi connectivity index (χ4n) is 3.42. The van der Waals surface area contributed by atoms with Gasteiger partial charge in [-0.1, -0.05) is 12.8 Å². The van der Waals surface area contributed by atoms with E-state index >= 15 is 0 Å². The van der Waals surface area contributed by atoms with E-state index in [0.717, 1.165) is 18.9 Å². The molecule has 1 aliphatic carbocycles. The van der Waals surface area contributed by atoms with Crippen LogP contribution in [-0.4, -0.2) is 35.6 Å². The van der Waals surface area contributed by atoms with Gasteiger partial charge in [0.05, 0.1) is 17.2 Å². The molecule has 1 unspecified atom stereocenters. The fourth-order valence-corrected chi connectivity index (χ4v) is 3.42. The van der Waals surface area contributed by atoms with Crippen molar-refractivity contribution in [3.63, 3.8) is 0 Å². The number of hydrogen-bond donors (Lipinski definition) is 2. The number of halogens is 2. The SMILES string of the molecule is O=C(NCC1(O)CCCC1)C1CC(=O)N(c2ccc(F)cc2F)C1. The quantitative estimate of drug-likeness (QED) is 0.879. The minimum atomic E-state index is -0.860. The number of aliphatic hydroxyl groups is 1. The summed E-state index contributed by atoms with van der Waals surface area (Å²) in [6.07, 6.45) is 3.16. The van der Waals surface area contributed by atoms with E-state index in [1.54, 1.807) is 0 Å². The number of anilines is 1. The summed E-state index contributed by atoms with van der Waals surface area (Å²) in [5, 5.41) is 13.0. The second-order valence-corrected chi connectivity index (χ2v) is 6.65. The van der Waals surface area contributed by atoms with Gasteiger partial charge in [-0.05, 0) is 25.0 Å². The lowest BCUT2D eigenvalue weighted by molar-refractivity contribution is -0.127. The van der Waals surface area contributed by atoms with Crippen molar-refractivity contribution in [3.8, 4) is 0 Å². The summed E-state index contributed by atoms with van der Waals surface area (Å²) in [6.45, 7) is 0.215. The van der Waals surface area contributed by atoms with E-state index in [0.29, 0.717) is 18.9 Å². The predicted octanol–water partition coefficient (Wildman–Crippen LogP) is 1.74. The molecule has 2 aliphatic rings. The second kappa shape index (κ2) is 6.47. The highest BCUT2D eigenvalue weighted by Crippen LogP contribution is 2.30. The summed E-state index contributed by atoms with van der Waals surface area (Å²) >= 11 is 0. The Labute approximate surface area is 138 Å². The number of nitrogens with one attached hydrogen (secondary N) is 1. The summed E-state index contributed by atoms with van der Waals surface area (Å²) in [4.78, 5) is 25.5. The van der Waals surface area contributed by atoms with E-state index in [1.807, 2.05) is 0 Å². The molecule has 2 amide bonds. The number of benzene rings is 1. The summed E-state index contributed by atoms with van der Waals surface area (Å²) < 4.78 is 26.8. The van der Waals surface area contributed by atoms with Crippen molar-refractivity contribution < 1.29 is 23.5 Å². The van der Waals surface area contributed by atoms with Crippen molar-refractivity contribution in [1.29, 1.82) is 0 Å². The van der Waals surface area contributed by atoms with Crippen LogP contribution in [0.5, 0.6) is 0 Å². The highest BCUT2D eigenvalue weighted by atomic mass is 19.1. The van der Waals surface area contributed by atoms with E-state index in [1.165, 1.54) is 11.0 Å². The Bertz CT molecular complexity index is 659. The van der Waals surface area contributed by atoms with Gasteiger partial charge in [0.25, 0.3) is 0 Å². The smallest absolute Gasteiger partial charge is 0.227 e. The molecule has 1 aromatic rings. The number of carbonyl (C=O) groups is 2. The topological polar surface area (TPSA) is 69.6 Å². The number of nitrogens with zero attached hydrogens (tertiary/aromatic N) is 1. The van der Waals surface area contributed by atoms with Gasteiger partial charge in [-0.25, -0.2) is 8.78 Å². The van der Waals surface area contributed by atoms with Crippen LogP contribution in [-0.2, 0) is 9.59 Å². The van der Waals surface area contributed by atoms with E-state index in [2.05, 4.69) is 5.32 Å². The summed E-state index contributed by atoms with van der Waals surface area (Å²) in [6, 6.07) is 2.99. The Morgan fingerprint density at radius 3 is 2.71 bits per heavy atom. The Morgan fingerprint density at radius 1 is 1.33 bits per heavy atom. The van der Waals surface area contributed by atoms with Crippen LogP contribution in [0, 0.1) is 17.6 Å². The number of carbonyl (C=O) groups excluding carboxylic acids is 2. The second-order valence-electron chi connectivity index (χ2n) is 6.65. The molecule has 0 aromatic heterocycles. The molecule has 1 saturated carbocycles. The Hall–Kier alpha value is -2.02. The molecule has 2 N–H and O–H groups in total. The van der Waals surface area contributed by atoms with Crippen LogP contribution in [0.25, 0.3) is 0 Å². The van der Waals surface area contributed by atoms with Gasteiger partial charge in [0.2, 0.25) is 11.8 Å². The lowest BCUT2D eigenvalue weighted by Crippen LogP contribution is -2.43. The number of amides is 2. The first-order valence-electron chi connectivity index (χ1n) is 8.13.